The number of hydrogen-bond acceptors (Lipinski definition) is 3. The standard InChI is InChI=1S/C12H12BrFO3/c1-2-17-12(16)6-5-11(15)8-3-4-10(14)9(13)7-8/h3-4,7H,2,5-6H2,1H3. The van der Waals surface area contributed by atoms with Crippen molar-refractivity contribution in [2.45, 2.75) is 19.8 Å². The highest BCUT2D eigenvalue weighted by Gasteiger charge is 2.11. The molecule has 0 saturated heterocycles. The van der Waals surface area contributed by atoms with Gasteiger partial charge in [-0.15, -0.1) is 0 Å². The third-order valence-electron chi connectivity index (χ3n) is 2.10. The third-order valence-corrected chi connectivity index (χ3v) is 2.71. The molecule has 0 aromatic heterocycles. The van der Waals surface area contributed by atoms with Gasteiger partial charge < -0.3 is 4.74 Å². The Morgan fingerprint density at radius 1 is 1.35 bits per heavy atom. The molecule has 0 aliphatic rings. The molecule has 0 saturated carbocycles. The van der Waals surface area contributed by atoms with E-state index in [-0.39, 0.29) is 23.1 Å². The van der Waals surface area contributed by atoms with Crippen LogP contribution in [0.2, 0.25) is 0 Å². The fourth-order valence-corrected chi connectivity index (χ4v) is 1.64. The molecule has 0 bridgehead atoms. The minimum absolute atomic E-state index is 0.0433. The Kier molecular flexibility index (Phi) is 5.28. The van der Waals surface area contributed by atoms with Crippen molar-refractivity contribution in [3.05, 3.63) is 34.1 Å². The molecule has 0 unspecified atom stereocenters. The van der Waals surface area contributed by atoms with Crippen LogP contribution in [0.5, 0.6) is 0 Å². The molecule has 1 rings (SSSR count). The molecular formula is C12H12BrFO3. The second kappa shape index (κ2) is 6.49. The predicted molar refractivity (Wildman–Crippen MR) is 64.3 cm³/mol. The quantitative estimate of drug-likeness (QED) is 0.620. The van der Waals surface area contributed by atoms with Crippen LogP contribution < -0.4 is 0 Å². The topological polar surface area (TPSA) is 43.4 Å². The first-order valence-corrected chi connectivity index (χ1v) is 5.97. The lowest BCUT2D eigenvalue weighted by Crippen LogP contribution is -2.08. The zero-order valence-electron chi connectivity index (χ0n) is 9.33. The summed E-state index contributed by atoms with van der Waals surface area (Å²) >= 11 is 3.00. The third kappa shape index (κ3) is 4.26. The zero-order valence-corrected chi connectivity index (χ0v) is 10.9. The van der Waals surface area contributed by atoms with Crippen molar-refractivity contribution in [2.75, 3.05) is 6.61 Å². The van der Waals surface area contributed by atoms with E-state index in [0.29, 0.717) is 12.2 Å². The van der Waals surface area contributed by atoms with Gasteiger partial charge in [0.05, 0.1) is 17.5 Å². The summed E-state index contributed by atoms with van der Waals surface area (Å²) in [7, 11) is 0. The maximum Gasteiger partial charge on any atom is 0.306 e. The van der Waals surface area contributed by atoms with Gasteiger partial charge in [0, 0.05) is 12.0 Å². The summed E-state index contributed by atoms with van der Waals surface area (Å²) in [5.41, 5.74) is 0.377. The first kappa shape index (κ1) is 13.8. The Hall–Kier alpha value is -1.23. The van der Waals surface area contributed by atoms with Crippen LogP contribution in [0, 0.1) is 5.82 Å². The Labute approximate surface area is 107 Å². The summed E-state index contributed by atoms with van der Waals surface area (Å²) in [6, 6.07) is 4.01. The molecule has 1 aromatic rings. The highest BCUT2D eigenvalue weighted by atomic mass is 79.9. The van der Waals surface area contributed by atoms with Gasteiger partial charge in [-0.2, -0.15) is 0 Å². The average Bonchev–Trinajstić information content (AvgIpc) is 2.30. The summed E-state index contributed by atoms with van der Waals surface area (Å²) in [6.07, 6.45) is 0.110. The Bertz CT molecular complexity index is 432. The van der Waals surface area contributed by atoms with Gasteiger partial charge in [0.15, 0.2) is 5.78 Å². The van der Waals surface area contributed by atoms with Gasteiger partial charge >= 0.3 is 5.97 Å². The maximum absolute atomic E-state index is 12.9. The molecule has 0 radical (unpaired) electrons. The van der Waals surface area contributed by atoms with Crippen molar-refractivity contribution in [2.24, 2.45) is 0 Å². The van der Waals surface area contributed by atoms with Crippen LogP contribution >= 0.6 is 15.9 Å². The number of ether oxygens (including phenoxy) is 1. The molecule has 0 fully saturated rings. The van der Waals surface area contributed by atoms with Crippen LogP contribution in [0.4, 0.5) is 4.39 Å². The Balaban J connectivity index is 2.58. The number of rotatable bonds is 5. The average molecular weight is 303 g/mol. The van der Waals surface area contributed by atoms with Crippen LogP contribution in [0.15, 0.2) is 22.7 Å². The Morgan fingerprint density at radius 2 is 2.06 bits per heavy atom. The fraction of sp³-hybridized carbons (Fsp3) is 0.333. The number of carbonyl (C=O) groups is 2. The van der Waals surface area contributed by atoms with Gasteiger partial charge in [-0.05, 0) is 41.1 Å². The molecule has 1 aromatic carbocycles. The maximum atomic E-state index is 12.9. The van der Waals surface area contributed by atoms with Crippen molar-refractivity contribution in [1.29, 1.82) is 0 Å². The highest BCUT2D eigenvalue weighted by Crippen LogP contribution is 2.18. The number of ketones is 1. The lowest BCUT2D eigenvalue weighted by molar-refractivity contribution is -0.143. The van der Waals surface area contributed by atoms with Gasteiger partial charge in [-0.3, -0.25) is 9.59 Å². The molecule has 0 spiro atoms. The van der Waals surface area contributed by atoms with Crippen molar-refractivity contribution < 1.29 is 18.7 Å². The van der Waals surface area contributed by atoms with Crippen LogP contribution in [-0.2, 0) is 9.53 Å². The van der Waals surface area contributed by atoms with Crippen LogP contribution in [0.3, 0.4) is 0 Å². The normalized spacial score (nSPS) is 10.1. The fourth-order valence-electron chi connectivity index (χ4n) is 1.26. The number of carbonyl (C=O) groups excluding carboxylic acids is 2. The van der Waals surface area contributed by atoms with Crippen molar-refractivity contribution in [3.63, 3.8) is 0 Å². The predicted octanol–water partition coefficient (Wildman–Crippen LogP) is 3.11. The first-order chi connectivity index (χ1) is 8.04. The lowest BCUT2D eigenvalue weighted by atomic mass is 10.1. The zero-order chi connectivity index (χ0) is 12.8. The molecule has 0 aliphatic heterocycles. The summed E-state index contributed by atoms with van der Waals surface area (Å²) in [4.78, 5) is 22.7. The summed E-state index contributed by atoms with van der Waals surface area (Å²) < 4.78 is 17.9. The molecule has 0 atom stereocenters. The summed E-state index contributed by atoms with van der Waals surface area (Å²) in [6.45, 7) is 2.01. The van der Waals surface area contributed by atoms with E-state index in [2.05, 4.69) is 15.9 Å². The van der Waals surface area contributed by atoms with Crippen LogP contribution in [0.1, 0.15) is 30.1 Å². The number of esters is 1. The first-order valence-electron chi connectivity index (χ1n) is 5.18. The van der Waals surface area contributed by atoms with Crippen molar-refractivity contribution in [1.82, 2.24) is 0 Å². The molecule has 3 nitrogen and oxygen atoms in total. The van der Waals surface area contributed by atoms with E-state index in [1.165, 1.54) is 18.2 Å². The minimum atomic E-state index is -0.424. The van der Waals surface area contributed by atoms with Crippen molar-refractivity contribution in [3.8, 4) is 0 Å². The molecule has 17 heavy (non-hydrogen) atoms. The van der Waals surface area contributed by atoms with E-state index in [0.717, 1.165) is 0 Å². The van der Waals surface area contributed by atoms with Crippen molar-refractivity contribution >= 4 is 27.7 Å². The monoisotopic (exact) mass is 302 g/mol. The SMILES string of the molecule is CCOC(=O)CCC(=O)c1ccc(F)c(Br)c1. The number of Topliss-reactive ketones (excluding diaryl/α,β-unsaturated/α-hetero) is 1. The number of benzene rings is 1. The van der Waals surface area contributed by atoms with Gasteiger partial charge in [0.25, 0.3) is 0 Å². The Morgan fingerprint density at radius 3 is 2.65 bits per heavy atom. The molecular weight excluding hydrogens is 291 g/mol. The van der Waals surface area contributed by atoms with Gasteiger partial charge in [0.1, 0.15) is 5.82 Å². The summed E-state index contributed by atoms with van der Waals surface area (Å²) in [5.74, 6) is -1.03. The second-order valence-electron chi connectivity index (χ2n) is 3.36. The molecule has 0 heterocycles. The van der Waals surface area contributed by atoms with E-state index < -0.39 is 11.8 Å². The van der Waals surface area contributed by atoms with E-state index in [1.54, 1.807) is 6.92 Å². The van der Waals surface area contributed by atoms with Gasteiger partial charge in [-0.1, -0.05) is 0 Å². The van der Waals surface area contributed by atoms with Gasteiger partial charge in [-0.25, -0.2) is 4.39 Å². The molecule has 92 valence electrons. The largest absolute Gasteiger partial charge is 0.466 e. The van der Waals surface area contributed by atoms with E-state index >= 15 is 0 Å². The molecule has 0 amide bonds. The minimum Gasteiger partial charge on any atom is -0.466 e. The van der Waals surface area contributed by atoms with E-state index in [1.807, 2.05) is 0 Å². The van der Waals surface area contributed by atoms with E-state index in [4.69, 9.17) is 4.74 Å². The van der Waals surface area contributed by atoms with E-state index in [9.17, 15) is 14.0 Å². The number of halogens is 2. The van der Waals surface area contributed by atoms with Crippen LogP contribution in [0.25, 0.3) is 0 Å². The summed E-state index contributed by atoms with van der Waals surface area (Å²) in [5, 5.41) is 0. The molecule has 0 N–H and O–H groups in total. The molecule has 5 heteroatoms. The number of hydrogen-bond donors (Lipinski definition) is 0. The lowest BCUT2D eigenvalue weighted by Gasteiger charge is -2.03. The highest BCUT2D eigenvalue weighted by molar-refractivity contribution is 9.10. The van der Waals surface area contributed by atoms with Gasteiger partial charge in [0.2, 0.25) is 0 Å². The molecule has 0 aliphatic carbocycles. The smallest absolute Gasteiger partial charge is 0.306 e. The second-order valence-corrected chi connectivity index (χ2v) is 4.21. The van der Waals surface area contributed by atoms with Crippen LogP contribution in [-0.4, -0.2) is 18.4 Å².